The number of carbonyl (C=O) groups is 1. The first-order valence-electron chi connectivity index (χ1n) is 23.0. The van der Waals surface area contributed by atoms with E-state index >= 15 is 0 Å². The third-order valence-corrected chi connectivity index (χ3v) is 10.6. The third-order valence-electron chi connectivity index (χ3n) is 10.6. The molecule has 4 unspecified atom stereocenters. The zero-order chi connectivity index (χ0) is 39.6. The van der Waals surface area contributed by atoms with Crippen molar-refractivity contribution < 1.29 is 25.2 Å². The summed E-state index contributed by atoms with van der Waals surface area (Å²) in [4.78, 5) is 12.5. The van der Waals surface area contributed by atoms with Gasteiger partial charge in [-0.1, -0.05) is 190 Å². The van der Waals surface area contributed by atoms with E-state index in [-0.39, 0.29) is 0 Å². The second kappa shape index (κ2) is 42.4. The number of hydrogen-bond acceptors (Lipinski definition) is 5. The molecule has 0 bridgehead atoms. The molecule has 0 aromatic rings. The zero-order valence-electron chi connectivity index (χ0n) is 35.5. The van der Waals surface area contributed by atoms with E-state index in [1.54, 1.807) is 0 Å². The maximum atomic E-state index is 12.5. The highest BCUT2D eigenvalue weighted by Gasteiger charge is 2.28. The van der Waals surface area contributed by atoms with Crippen LogP contribution >= 0.6 is 0 Å². The molecule has 0 fully saturated rings. The van der Waals surface area contributed by atoms with Crippen LogP contribution in [0.2, 0.25) is 0 Å². The number of carbonyl (C=O) groups excluding carboxylic acids is 1. The molecule has 0 saturated carbocycles. The average Bonchev–Trinajstić information content (AvgIpc) is 3.18. The summed E-state index contributed by atoms with van der Waals surface area (Å²) < 4.78 is 0. The Morgan fingerprint density at radius 1 is 0.500 bits per heavy atom. The van der Waals surface area contributed by atoms with Crippen LogP contribution in [0.25, 0.3) is 0 Å². The van der Waals surface area contributed by atoms with Crippen LogP contribution in [0, 0.1) is 0 Å². The van der Waals surface area contributed by atoms with Gasteiger partial charge in [0.2, 0.25) is 5.91 Å². The molecule has 0 aliphatic carbocycles. The molecule has 4 atom stereocenters. The van der Waals surface area contributed by atoms with Gasteiger partial charge in [-0.2, -0.15) is 0 Å². The predicted octanol–water partition coefficient (Wildman–Crippen LogP) is 12.3. The molecule has 0 saturated heterocycles. The van der Waals surface area contributed by atoms with E-state index < -0.39 is 36.9 Å². The van der Waals surface area contributed by atoms with E-state index in [4.69, 9.17) is 0 Å². The summed E-state index contributed by atoms with van der Waals surface area (Å²) in [6.45, 7) is 3.79. The predicted molar refractivity (Wildman–Crippen MR) is 233 cm³/mol. The van der Waals surface area contributed by atoms with E-state index in [1.807, 2.05) is 13.0 Å². The monoisotopic (exact) mass is 760 g/mol. The van der Waals surface area contributed by atoms with E-state index in [1.165, 1.54) is 141 Å². The Hall–Kier alpha value is -1.73. The zero-order valence-corrected chi connectivity index (χ0v) is 35.5. The normalized spacial score (nSPS) is 14.6. The van der Waals surface area contributed by atoms with Gasteiger partial charge in [0.25, 0.3) is 0 Å². The maximum absolute atomic E-state index is 12.5. The molecule has 0 spiro atoms. The first-order chi connectivity index (χ1) is 26.5. The van der Waals surface area contributed by atoms with Crippen molar-refractivity contribution in [2.45, 2.75) is 244 Å². The molecule has 0 radical (unpaired) electrons. The molecular formula is C48H89NO5. The SMILES string of the molecule is C/C=C/CC/C=C/CCCC(O)C(O)C(CO)NC(=O)C(O)CCCCCCCCCCCCCCCC/C=C\C/C=C\CCCCCCCCCCC. The van der Waals surface area contributed by atoms with Crippen molar-refractivity contribution >= 4 is 5.91 Å². The summed E-state index contributed by atoms with van der Waals surface area (Å²) in [5, 5.41) is 43.4. The van der Waals surface area contributed by atoms with Crippen molar-refractivity contribution in [1.29, 1.82) is 0 Å². The van der Waals surface area contributed by atoms with Gasteiger partial charge in [-0.3, -0.25) is 4.79 Å². The van der Waals surface area contributed by atoms with Crippen molar-refractivity contribution in [1.82, 2.24) is 5.32 Å². The number of hydrogen-bond donors (Lipinski definition) is 5. The number of aliphatic hydroxyl groups excluding tert-OH is 4. The molecule has 6 nitrogen and oxygen atoms in total. The number of amides is 1. The van der Waals surface area contributed by atoms with Crippen LogP contribution < -0.4 is 5.32 Å². The summed E-state index contributed by atoms with van der Waals surface area (Å²) >= 11 is 0. The van der Waals surface area contributed by atoms with E-state index in [0.29, 0.717) is 19.3 Å². The number of aliphatic hydroxyl groups is 4. The number of nitrogens with one attached hydrogen (secondary N) is 1. The fourth-order valence-corrected chi connectivity index (χ4v) is 6.93. The van der Waals surface area contributed by atoms with Crippen LogP contribution in [0.15, 0.2) is 48.6 Å². The molecule has 0 heterocycles. The van der Waals surface area contributed by atoms with Crippen LogP contribution in [0.4, 0.5) is 0 Å². The van der Waals surface area contributed by atoms with Gasteiger partial charge >= 0.3 is 0 Å². The Kier molecular flexibility index (Phi) is 41.1. The van der Waals surface area contributed by atoms with E-state index in [2.05, 4.69) is 54.8 Å². The molecule has 0 aliphatic heterocycles. The molecule has 1 amide bonds. The lowest BCUT2D eigenvalue weighted by atomic mass is 10.00. The number of unbranched alkanes of at least 4 members (excludes halogenated alkanes) is 25. The molecule has 0 aromatic carbocycles. The fraction of sp³-hybridized carbons (Fsp3) is 0.812. The molecule has 0 aliphatic rings. The summed E-state index contributed by atoms with van der Waals surface area (Å²) in [5.41, 5.74) is 0. The smallest absolute Gasteiger partial charge is 0.249 e. The highest BCUT2D eigenvalue weighted by molar-refractivity contribution is 5.80. The minimum atomic E-state index is -1.29. The van der Waals surface area contributed by atoms with Gasteiger partial charge < -0.3 is 25.7 Å². The van der Waals surface area contributed by atoms with Crippen molar-refractivity contribution in [3.05, 3.63) is 48.6 Å². The Labute approximate surface area is 334 Å². The van der Waals surface area contributed by atoms with Crippen LogP contribution in [0.3, 0.4) is 0 Å². The third kappa shape index (κ3) is 35.9. The van der Waals surface area contributed by atoms with Crippen LogP contribution in [0.5, 0.6) is 0 Å². The van der Waals surface area contributed by atoms with Gasteiger partial charge in [-0.05, 0) is 77.6 Å². The lowest BCUT2D eigenvalue weighted by molar-refractivity contribution is -0.132. The first-order valence-corrected chi connectivity index (χ1v) is 23.0. The first kappa shape index (κ1) is 52.3. The van der Waals surface area contributed by atoms with Gasteiger partial charge in [0, 0.05) is 0 Å². The molecular weight excluding hydrogens is 671 g/mol. The van der Waals surface area contributed by atoms with E-state index in [9.17, 15) is 25.2 Å². The van der Waals surface area contributed by atoms with Gasteiger partial charge in [-0.15, -0.1) is 0 Å². The molecule has 54 heavy (non-hydrogen) atoms. The van der Waals surface area contributed by atoms with Crippen LogP contribution in [-0.2, 0) is 4.79 Å². The van der Waals surface area contributed by atoms with Gasteiger partial charge in [-0.25, -0.2) is 0 Å². The van der Waals surface area contributed by atoms with E-state index in [0.717, 1.165) is 44.9 Å². The fourth-order valence-electron chi connectivity index (χ4n) is 6.93. The van der Waals surface area contributed by atoms with Gasteiger partial charge in [0.15, 0.2) is 0 Å². The van der Waals surface area contributed by atoms with Crippen LogP contribution in [0.1, 0.15) is 219 Å². The minimum absolute atomic E-state index is 0.358. The standard InChI is InChI=1S/C48H89NO5/c1-3-5-7-9-11-13-14-15-16-17-18-19-20-21-22-23-24-25-26-27-28-29-30-31-32-33-34-36-38-40-42-46(52)48(54)49-44(43-50)47(53)45(51)41-39-37-35-12-10-8-6-4-2/h4,6,12,18-19,21-22,35,44-47,50-53H,3,5,7-11,13-17,20,23-34,36-43H2,1-2H3,(H,49,54)/b6-4+,19-18-,22-21-,35-12+. The molecule has 6 heteroatoms. The Morgan fingerprint density at radius 3 is 1.39 bits per heavy atom. The maximum Gasteiger partial charge on any atom is 0.249 e. The van der Waals surface area contributed by atoms with Crippen LogP contribution in [-0.4, -0.2) is 57.3 Å². The van der Waals surface area contributed by atoms with Gasteiger partial charge in [0.1, 0.15) is 12.2 Å². The molecule has 0 rings (SSSR count). The summed E-state index contributed by atoms with van der Waals surface area (Å²) in [7, 11) is 0. The van der Waals surface area contributed by atoms with Crippen molar-refractivity contribution in [2.75, 3.05) is 6.61 Å². The lowest BCUT2D eigenvalue weighted by Gasteiger charge is -2.27. The molecule has 316 valence electrons. The highest BCUT2D eigenvalue weighted by Crippen LogP contribution is 2.16. The Balaban J connectivity index is 3.59. The molecule has 5 N–H and O–H groups in total. The van der Waals surface area contributed by atoms with Crippen molar-refractivity contribution in [2.24, 2.45) is 0 Å². The van der Waals surface area contributed by atoms with Crippen molar-refractivity contribution in [3.63, 3.8) is 0 Å². The summed E-state index contributed by atoms with van der Waals surface area (Å²) in [6.07, 6.45) is 52.0. The highest BCUT2D eigenvalue weighted by atomic mass is 16.3. The Bertz CT molecular complexity index is 900. The largest absolute Gasteiger partial charge is 0.394 e. The molecule has 0 aromatic heterocycles. The van der Waals surface area contributed by atoms with Gasteiger partial charge in [0.05, 0.1) is 18.8 Å². The topological polar surface area (TPSA) is 110 Å². The Morgan fingerprint density at radius 2 is 0.907 bits per heavy atom. The second-order valence-corrected chi connectivity index (χ2v) is 15.7. The minimum Gasteiger partial charge on any atom is -0.394 e. The lowest BCUT2D eigenvalue weighted by Crippen LogP contribution is -2.53. The summed E-state index contributed by atoms with van der Waals surface area (Å²) in [5.74, 6) is -0.602. The summed E-state index contributed by atoms with van der Waals surface area (Å²) in [6, 6.07) is -1.01. The second-order valence-electron chi connectivity index (χ2n) is 15.7. The van der Waals surface area contributed by atoms with Crippen molar-refractivity contribution in [3.8, 4) is 0 Å². The number of allylic oxidation sites excluding steroid dienone is 8. The average molecular weight is 760 g/mol. The number of rotatable bonds is 41. The quantitative estimate of drug-likeness (QED) is 0.0315.